The number of likely N-dealkylation sites (tertiary alicyclic amines) is 1. The molecule has 0 spiro atoms. The number of nitrogens with one attached hydrogen (secondary N) is 2. The number of imidazole rings is 1. The molecular formula is C23H25ClN6OS. The highest BCUT2D eigenvalue weighted by Crippen LogP contribution is 2.31. The summed E-state index contributed by atoms with van der Waals surface area (Å²) in [4.78, 5) is 24.4. The number of carbonyl (C=O) groups excluding carboxylic acids is 1. The Morgan fingerprint density at radius 2 is 1.97 bits per heavy atom. The van der Waals surface area contributed by atoms with E-state index in [0.717, 1.165) is 39.3 Å². The van der Waals surface area contributed by atoms with Gasteiger partial charge in [-0.05, 0) is 75.3 Å². The molecule has 0 unspecified atom stereocenters. The molecule has 0 saturated carbocycles. The van der Waals surface area contributed by atoms with Crippen LogP contribution in [0.1, 0.15) is 29.6 Å². The summed E-state index contributed by atoms with van der Waals surface area (Å²) in [7, 11) is 1.94. The van der Waals surface area contributed by atoms with Gasteiger partial charge >= 0.3 is 0 Å². The van der Waals surface area contributed by atoms with E-state index in [4.69, 9.17) is 16.6 Å². The maximum absolute atomic E-state index is 12.6. The van der Waals surface area contributed by atoms with Gasteiger partial charge in [0.25, 0.3) is 5.91 Å². The number of amides is 1. The molecule has 2 aromatic carbocycles. The average Bonchev–Trinajstić information content (AvgIpc) is 3.50. The van der Waals surface area contributed by atoms with E-state index in [1.165, 1.54) is 37.3 Å². The minimum atomic E-state index is -0.0588. The Morgan fingerprint density at radius 1 is 1.12 bits per heavy atom. The van der Waals surface area contributed by atoms with E-state index < -0.39 is 0 Å². The Hall–Kier alpha value is -2.68. The third kappa shape index (κ3) is 4.44. The van der Waals surface area contributed by atoms with Gasteiger partial charge in [-0.25, -0.2) is 9.97 Å². The molecule has 1 fully saturated rings. The fourth-order valence-corrected chi connectivity index (χ4v) is 5.25. The molecule has 166 valence electrons. The predicted octanol–water partition coefficient (Wildman–Crippen LogP) is 4.80. The third-order valence-corrected chi connectivity index (χ3v) is 7.02. The number of thiazole rings is 1. The molecule has 2 N–H and O–H groups in total. The number of rotatable bonds is 7. The number of halogens is 1. The van der Waals surface area contributed by atoms with Gasteiger partial charge in [-0.15, -0.1) is 0 Å². The lowest BCUT2D eigenvalue weighted by molar-refractivity contribution is 0.0952. The molecule has 9 heteroatoms. The predicted molar refractivity (Wildman–Crippen MR) is 131 cm³/mol. The molecule has 7 nitrogen and oxygen atoms in total. The lowest BCUT2D eigenvalue weighted by atomic mass is 10.2. The molecule has 1 aliphatic rings. The minimum Gasteiger partial charge on any atom is -0.352 e. The molecule has 1 saturated heterocycles. The van der Waals surface area contributed by atoms with E-state index in [2.05, 4.69) is 20.5 Å². The van der Waals surface area contributed by atoms with E-state index in [1.54, 1.807) is 0 Å². The first-order chi connectivity index (χ1) is 15.6. The SMILES string of the molecule is Cn1c(Nc2nc3ccc(Cl)cc3s2)nc2cc(C(=O)NCCCN3CCCC3)ccc21. The Kier molecular flexibility index (Phi) is 5.99. The van der Waals surface area contributed by atoms with Crippen molar-refractivity contribution in [3.8, 4) is 0 Å². The number of aryl methyl sites for hydroxylation is 1. The summed E-state index contributed by atoms with van der Waals surface area (Å²) in [5, 5.41) is 7.77. The Balaban J connectivity index is 1.27. The molecular weight excluding hydrogens is 444 g/mol. The Morgan fingerprint density at radius 3 is 2.81 bits per heavy atom. The standard InChI is InChI=1S/C23H25ClN6OS/c1-29-19-8-5-15(21(31)25-9-4-12-30-10-2-3-11-30)13-18(19)26-22(29)28-23-27-17-7-6-16(24)14-20(17)32-23/h5-8,13-14H,2-4,9-12H2,1H3,(H,25,31)(H,26,27,28). The molecule has 32 heavy (non-hydrogen) atoms. The number of anilines is 2. The second kappa shape index (κ2) is 9.05. The maximum atomic E-state index is 12.6. The van der Waals surface area contributed by atoms with Crippen LogP contribution in [0.4, 0.5) is 11.1 Å². The topological polar surface area (TPSA) is 75.1 Å². The van der Waals surface area contributed by atoms with Crippen molar-refractivity contribution in [3.63, 3.8) is 0 Å². The molecule has 3 heterocycles. The molecule has 0 bridgehead atoms. The highest BCUT2D eigenvalue weighted by Gasteiger charge is 2.14. The van der Waals surface area contributed by atoms with Gasteiger partial charge in [0.2, 0.25) is 5.95 Å². The summed E-state index contributed by atoms with van der Waals surface area (Å²) in [6.45, 7) is 4.10. The van der Waals surface area contributed by atoms with E-state index in [0.29, 0.717) is 23.1 Å². The fourth-order valence-electron chi connectivity index (χ4n) is 4.11. The molecule has 0 radical (unpaired) electrons. The molecule has 2 aromatic heterocycles. The van der Waals surface area contributed by atoms with E-state index in [1.807, 2.05) is 48.0 Å². The fraction of sp³-hybridized carbons (Fsp3) is 0.348. The highest BCUT2D eigenvalue weighted by atomic mass is 35.5. The van der Waals surface area contributed by atoms with Crippen molar-refractivity contribution in [1.82, 2.24) is 24.8 Å². The summed E-state index contributed by atoms with van der Waals surface area (Å²) in [6.07, 6.45) is 3.56. The van der Waals surface area contributed by atoms with Crippen molar-refractivity contribution in [1.29, 1.82) is 0 Å². The molecule has 5 rings (SSSR count). The van der Waals surface area contributed by atoms with Gasteiger partial charge in [0.05, 0.1) is 21.3 Å². The van der Waals surface area contributed by atoms with Crippen molar-refractivity contribution in [3.05, 3.63) is 47.0 Å². The van der Waals surface area contributed by atoms with Crippen molar-refractivity contribution < 1.29 is 4.79 Å². The summed E-state index contributed by atoms with van der Waals surface area (Å²) >= 11 is 7.61. The van der Waals surface area contributed by atoms with Crippen molar-refractivity contribution >= 4 is 61.2 Å². The normalized spacial score (nSPS) is 14.4. The van der Waals surface area contributed by atoms with E-state index >= 15 is 0 Å². The number of aromatic nitrogens is 3. The molecule has 1 amide bonds. The molecule has 0 aliphatic carbocycles. The second-order valence-electron chi connectivity index (χ2n) is 8.11. The summed E-state index contributed by atoms with van der Waals surface area (Å²) < 4.78 is 2.98. The summed E-state index contributed by atoms with van der Waals surface area (Å²) in [5.74, 6) is 0.616. The number of nitrogens with zero attached hydrogens (tertiary/aromatic N) is 4. The van der Waals surface area contributed by atoms with Crippen LogP contribution >= 0.6 is 22.9 Å². The maximum Gasteiger partial charge on any atom is 0.251 e. The molecule has 1 aliphatic heterocycles. The number of fused-ring (bicyclic) bond motifs is 2. The zero-order chi connectivity index (χ0) is 22.1. The number of benzene rings is 2. The lowest BCUT2D eigenvalue weighted by Gasteiger charge is -2.14. The first-order valence-corrected chi connectivity index (χ1v) is 12.1. The number of carbonyl (C=O) groups is 1. The first kappa shape index (κ1) is 21.2. The van der Waals surface area contributed by atoms with Gasteiger partial charge in [-0.2, -0.15) is 0 Å². The van der Waals surface area contributed by atoms with Crippen LogP contribution in [0.3, 0.4) is 0 Å². The van der Waals surface area contributed by atoms with E-state index in [-0.39, 0.29) is 5.91 Å². The quantitative estimate of drug-likeness (QED) is 0.381. The van der Waals surface area contributed by atoms with Gasteiger partial charge in [-0.1, -0.05) is 22.9 Å². The van der Waals surface area contributed by atoms with Gasteiger partial charge in [0, 0.05) is 24.2 Å². The van der Waals surface area contributed by atoms with Crippen LogP contribution in [0, 0.1) is 0 Å². The zero-order valence-electron chi connectivity index (χ0n) is 17.9. The van der Waals surface area contributed by atoms with Crippen LogP contribution in [0.15, 0.2) is 36.4 Å². The third-order valence-electron chi connectivity index (χ3n) is 5.85. The van der Waals surface area contributed by atoms with Gasteiger partial charge < -0.3 is 20.1 Å². The zero-order valence-corrected chi connectivity index (χ0v) is 19.5. The van der Waals surface area contributed by atoms with Crippen molar-refractivity contribution in [2.75, 3.05) is 31.5 Å². The van der Waals surface area contributed by atoms with Crippen LogP contribution in [0.5, 0.6) is 0 Å². The first-order valence-electron chi connectivity index (χ1n) is 10.9. The van der Waals surface area contributed by atoms with Crippen LogP contribution < -0.4 is 10.6 Å². The molecule has 0 atom stereocenters. The van der Waals surface area contributed by atoms with Gasteiger partial charge in [0.1, 0.15) is 0 Å². The van der Waals surface area contributed by atoms with Crippen LogP contribution in [0.25, 0.3) is 21.3 Å². The molecule has 4 aromatic rings. The monoisotopic (exact) mass is 468 g/mol. The van der Waals surface area contributed by atoms with Crippen molar-refractivity contribution in [2.24, 2.45) is 7.05 Å². The largest absolute Gasteiger partial charge is 0.352 e. The van der Waals surface area contributed by atoms with Crippen LogP contribution in [-0.2, 0) is 7.05 Å². The summed E-state index contributed by atoms with van der Waals surface area (Å²) in [5.41, 5.74) is 3.23. The van der Waals surface area contributed by atoms with Crippen LogP contribution in [0.2, 0.25) is 5.02 Å². The summed E-state index contributed by atoms with van der Waals surface area (Å²) in [6, 6.07) is 11.3. The smallest absolute Gasteiger partial charge is 0.251 e. The van der Waals surface area contributed by atoms with Gasteiger partial charge in [0.15, 0.2) is 5.13 Å². The van der Waals surface area contributed by atoms with Crippen molar-refractivity contribution in [2.45, 2.75) is 19.3 Å². The highest BCUT2D eigenvalue weighted by molar-refractivity contribution is 7.22. The van der Waals surface area contributed by atoms with E-state index in [9.17, 15) is 4.79 Å². The second-order valence-corrected chi connectivity index (χ2v) is 9.58. The Labute approximate surface area is 195 Å². The number of hydrogen-bond donors (Lipinski definition) is 2. The Bertz CT molecular complexity index is 1280. The van der Waals surface area contributed by atoms with Crippen LogP contribution in [-0.4, -0.2) is 51.5 Å². The minimum absolute atomic E-state index is 0.0588. The lowest BCUT2D eigenvalue weighted by Crippen LogP contribution is -2.28. The average molecular weight is 469 g/mol. The van der Waals surface area contributed by atoms with Gasteiger partial charge in [-0.3, -0.25) is 4.79 Å². The number of hydrogen-bond acceptors (Lipinski definition) is 6.